The Kier molecular flexibility index (Phi) is 7.36. The molecule has 6 nitrogen and oxygen atoms in total. The minimum absolute atomic E-state index is 0.00611. The van der Waals surface area contributed by atoms with E-state index in [1.165, 1.54) is 0 Å². The monoisotopic (exact) mass is 490 g/mol. The number of carbonyl (C=O) groups excluding carboxylic acids is 1. The van der Waals surface area contributed by atoms with Gasteiger partial charge in [-0.2, -0.15) is 17.5 Å². The minimum atomic E-state index is -4.69. The molecule has 0 radical (unpaired) electrons. The predicted octanol–water partition coefficient (Wildman–Crippen LogP) is 4.08. The molecule has 32 heavy (non-hydrogen) atoms. The summed E-state index contributed by atoms with van der Waals surface area (Å²) < 4.78 is 71.0. The fraction of sp³-hybridized carbons (Fsp3) is 0.381. The number of halogens is 4. The summed E-state index contributed by atoms with van der Waals surface area (Å²) in [5.74, 6) is 0.0644. The zero-order valence-electron chi connectivity index (χ0n) is 17.2. The van der Waals surface area contributed by atoms with Gasteiger partial charge in [-0.15, -0.1) is 0 Å². The van der Waals surface area contributed by atoms with Crippen molar-refractivity contribution in [1.29, 1.82) is 0 Å². The first-order valence-electron chi connectivity index (χ1n) is 9.80. The van der Waals surface area contributed by atoms with Gasteiger partial charge < -0.3 is 10.1 Å². The molecule has 1 aliphatic heterocycles. The van der Waals surface area contributed by atoms with Crippen LogP contribution in [0.2, 0.25) is 5.02 Å². The van der Waals surface area contributed by atoms with Crippen molar-refractivity contribution in [2.75, 3.05) is 20.2 Å². The molecule has 1 amide bonds. The van der Waals surface area contributed by atoms with Crippen molar-refractivity contribution in [2.45, 2.75) is 30.5 Å². The maximum absolute atomic E-state index is 13.0. The van der Waals surface area contributed by atoms with E-state index in [0.717, 1.165) is 22.0 Å². The lowest BCUT2D eigenvalue weighted by molar-refractivity contribution is -0.137. The molecular weight excluding hydrogens is 469 g/mol. The van der Waals surface area contributed by atoms with E-state index in [4.69, 9.17) is 16.3 Å². The summed E-state index contributed by atoms with van der Waals surface area (Å²) in [4.78, 5) is 11.9. The van der Waals surface area contributed by atoms with Crippen LogP contribution in [-0.2, 0) is 27.5 Å². The molecule has 0 aromatic heterocycles. The molecule has 2 aromatic carbocycles. The number of nitrogens with zero attached hydrogens (tertiary/aromatic N) is 1. The van der Waals surface area contributed by atoms with Gasteiger partial charge in [0.05, 0.1) is 17.7 Å². The molecule has 0 aliphatic carbocycles. The highest BCUT2D eigenvalue weighted by Gasteiger charge is 2.36. The van der Waals surface area contributed by atoms with Crippen molar-refractivity contribution < 1.29 is 31.1 Å². The lowest BCUT2D eigenvalue weighted by Gasteiger charge is -2.31. The second-order valence-corrected chi connectivity index (χ2v) is 9.70. The summed E-state index contributed by atoms with van der Waals surface area (Å²) in [6.07, 6.45) is -4.19. The summed E-state index contributed by atoms with van der Waals surface area (Å²) in [6.45, 7) is 0.312. The van der Waals surface area contributed by atoms with Crippen molar-refractivity contribution in [3.05, 3.63) is 58.6 Å². The van der Waals surface area contributed by atoms with Gasteiger partial charge in [-0.05, 0) is 48.7 Å². The van der Waals surface area contributed by atoms with Crippen LogP contribution in [0.15, 0.2) is 47.4 Å². The molecule has 0 saturated carbocycles. The first-order chi connectivity index (χ1) is 15.0. The number of carbonyl (C=O) groups is 1. The Bertz CT molecular complexity index is 1080. The molecule has 11 heteroatoms. The Labute approximate surface area is 189 Å². The van der Waals surface area contributed by atoms with Gasteiger partial charge in [-0.3, -0.25) is 4.79 Å². The third-order valence-corrected chi connectivity index (χ3v) is 7.68. The zero-order chi connectivity index (χ0) is 23.5. The molecule has 1 N–H and O–H groups in total. The third kappa shape index (κ3) is 5.54. The number of sulfonamides is 1. The molecule has 174 valence electrons. The number of amides is 1. The van der Waals surface area contributed by atoms with Gasteiger partial charge in [-0.1, -0.05) is 23.7 Å². The summed E-state index contributed by atoms with van der Waals surface area (Å²) in [7, 11) is -2.68. The molecule has 0 unspecified atom stereocenters. The highest BCUT2D eigenvalue weighted by molar-refractivity contribution is 7.89. The van der Waals surface area contributed by atoms with E-state index in [-0.39, 0.29) is 36.9 Å². The van der Waals surface area contributed by atoms with Gasteiger partial charge in [0.15, 0.2) is 0 Å². The summed E-state index contributed by atoms with van der Waals surface area (Å²) in [6, 6.07) is 9.45. The molecular formula is C21H22ClF3N2O4S. The van der Waals surface area contributed by atoms with Crippen LogP contribution >= 0.6 is 11.6 Å². The van der Waals surface area contributed by atoms with E-state index in [2.05, 4.69) is 5.32 Å². The van der Waals surface area contributed by atoms with E-state index in [9.17, 15) is 26.4 Å². The van der Waals surface area contributed by atoms with Crippen molar-refractivity contribution in [3.8, 4) is 5.75 Å². The summed E-state index contributed by atoms with van der Waals surface area (Å²) in [5.41, 5.74) is -0.232. The van der Waals surface area contributed by atoms with E-state index in [0.29, 0.717) is 18.4 Å². The number of benzene rings is 2. The van der Waals surface area contributed by atoms with Crippen LogP contribution in [0.25, 0.3) is 0 Å². The number of ether oxygens (including phenoxy) is 1. The lowest BCUT2D eigenvalue weighted by Crippen LogP contribution is -2.43. The number of methoxy groups -OCH3 is 1. The molecule has 0 spiro atoms. The van der Waals surface area contributed by atoms with E-state index >= 15 is 0 Å². The zero-order valence-corrected chi connectivity index (χ0v) is 18.7. The average Bonchev–Trinajstić information content (AvgIpc) is 2.77. The maximum Gasteiger partial charge on any atom is 0.416 e. The van der Waals surface area contributed by atoms with Crippen LogP contribution in [0, 0.1) is 5.92 Å². The Morgan fingerprint density at radius 3 is 2.50 bits per heavy atom. The van der Waals surface area contributed by atoms with Gasteiger partial charge in [0.25, 0.3) is 0 Å². The normalized spacial score (nSPS) is 16.0. The predicted molar refractivity (Wildman–Crippen MR) is 113 cm³/mol. The molecule has 0 atom stereocenters. The highest BCUT2D eigenvalue weighted by atomic mass is 35.5. The molecule has 1 saturated heterocycles. The Hall–Kier alpha value is -2.30. The average molecular weight is 491 g/mol. The number of nitrogens with one attached hydrogen (secondary N) is 1. The van der Waals surface area contributed by atoms with Crippen molar-refractivity contribution in [3.63, 3.8) is 0 Å². The van der Waals surface area contributed by atoms with E-state index < -0.39 is 32.6 Å². The lowest BCUT2D eigenvalue weighted by atomic mass is 9.97. The largest absolute Gasteiger partial charge is 0.497 e. The van der Waals surface area contributed by atoms with Crippen molar-refractivity contribution in [1.82, 2.24) is 9.62 Å². The molecule has 3 rings (SSSR count). The van der Waals surface area contributed by atoms with Gasteiger partial charge in [0, 0.05) is 25.6 Å². The second-order valence-electron chi connectivity index (χ2n) is 7.39. The summed E-state index contributed by atoms with van der Waals surface area (Å²) >= 11 is 5.90. The maximum atomic E-state index is 13.0. The molecule has 1 aliphatic rings. The van der Waals surface area contributed by atoms with E-state index in [1.54, 1.807) is 19.2 Å². The SMILES string of the molecule is COc1cccc(CNC(=O)C2CCN(S(=O)(=O)c3cc(C(F)(F)F)ccc3Cl)CC2)c1. The van der Waals surface area contributed by atoms with Crippen molar-refractivity contribution in [2.24, 2.45) is 5.92 Å². The quantitative estimate of drug-likeness (QED) is 0.662. The Balaban J connectivity index is 1.63. The minimum Gasteiger partial charge on any atom is -0.497 e. The standard InChI is InChI=1S/C21H22ClF3N2O4S/c1-31-17-4-2-3-14(11-17)13-26-20(28)15-7-9-27(10-8-15)32(29,30)19-12-16(21(23,24)25)5-6-18(19)22/h2-6,11-12,15H,7-10,13H2,1H3,(H,26,28). The topological polar surface area (TPSA) is 75.7 Å². The molecule has 2 aromatic rings. The fourth-order valence-electron chi connectivity index (χ4n) is 3.49. The third-order valence-electron chi connectivity index (χ3n) is 5.30. The number of hydrogen-bond donors (Lipinski definition) is 1. The number of hydrogen-bond acceptors (Lipinski definition) is 4. The van der Waals surface area contributed by atoms with Crippen LogP contribution in [0.3, 0.4) is 0 Å². The van der Waals surface area contributed by atoms with E-state index in [1.807, 2.05) is 12.1 Å². The van der Waals surface area contributed by atoms with Crippen LogP contribution in [0.5, 0.6) is 5.75 Å². The van der Waals surface area contributed by atoms with Gasteiger partial charge in [-0.25, -0.2) is 8.42 Å². The molecule has 1 fully saturated rings. The van der Waals surface area contributed by atoms with Gasteiger partial charge in [0.2, 0.25) is 15.9 Å². The molecule has 0 bridgehead atoms. The van der Waals surface area contributed by atoms with Crippen molar-refractivity contribution >= 4 is 27.5 Å². The van der Waals surface area contributed by atoms with Crippen LogP contribution in [-0.4, -0.2) is 38.8 Å². The van der Waals surface area contributed by atoms with Crippen LogP contribution in [0.1, 0.15) is 24.0 Å². The Morgan fingerprint density at radius 1 is 1.19 bits per heavy atom. The molecule has 1 heterocycles. The van der Waals surface area contributed by atoms with Gasteiger partial charge in [0.1, 0.15) is 10.6 Å². The smallest absolute Gasteiger partial charge is 0.416 e. The number of alkyl halides is 3. The van der Waals surface area contributed by atoms with Gasteiger partial charge >= 0.3 is 6.18 Å². The van der Waals surface area contributed by atoms with Crippen LogP contribution < -0.4 is 10.1 Å². The number of rotatable bonds is 6. The first-order valence-corrected chi connectivity index (χ1v) is 11.6. The van der Waals surface area contributed by atoms with Crippen LogP contribution in [0.4, 0.5) is 13.2 Å². The second kappa shape index (κ2) is 9.68. The first kappa shape index (κ1) is 24.3. The Morgan fingerprint density at radius 2 is 1.88 bits per heavy atom. The summed E-state index contributed by atoms with van der Waals surface area (Å²) in [5, 5.41) is 2.55. The number of piperidine rings is 1. The highest BCUT2D eigenvalue weighted by Crippen LogP contribution is 2.35. The fourth-order valence-corrected chi connectivity index (χ4v) is 5.46.